The van der Waals surface area contributed by atoms with Gasteiger partial charge in [0.2, 0.25) is 0 Å². The fraction of sp³-hybridized carbons (Fsp3) is 0.667. The zero-order chi connectivity index (χ0) is 14.2. The van der Waals surface area contributed by atoms with Gasteiger partial charge in [-0.15, -0.1) is 0 Å². The summed E-state index contributed by atoms with van der Waals surface area (Å²) in [5.74, 6) is 0. The van der Waals surface area contributed by atoms with E-state index in [-0.39, 0.29) is 0 Å². The van der Waals surface area contributed by atoms with Gasteiger partial charge in [0.05, 0.1) is 0 Å². The quantitative estimate of drug-likeness (QED) is 0.848. The summed E-state index contributed by atoms with van der Waals surface area (Å²) in [6.45, 7) is 8.63. The standard InChI is InChI=1S/C18H28N2/c1-17(2)8-3-12-20(13-11-17)14-18(9-10-18)15-4-6-16(19)7-5-15/h4-7H,3,8-14,19H2,1-2H3. The van der Waals surface area contributed by atoms with E-state index in [9.17, 15) is 0 Å². The molecule has 0 aromatic heterocycles. The molecule has 3 rings (SSSR count). The van der Waals surface area contributed by atoms with E-state index in [4.69, 9.17) is 5.73 Å². The van der Waals surface area contributed by atoms with Crippen molar-refractivity contribution in [3.63, 3.8) is 0 Å². The summed E-state index contributed by atoms with van der Waals surface area (Å²) in [4.78, 5) is 2.71. The Morgan fingerprint density at radius 3 is 2.35 bits per heavy atom. The van der Waals surface area contributed by atoms with Gasteiger partial charge in [-0.1, -0.05) is 26.0 Å². The first kappa shape index (κ1) is 13.9. The van der Waals surface area contributed by atoms with Gasteiger partial charge in [-0.3, -0.25) is 0 Å². The summed E-state index contributed by atoms with van der Waals surface area (Å²) in [5.41, 5.74) is 9.15. The lowest BCUT2D eigenvalue weighted by molar-refractivity contribution is 0.243. The summed E-state index contributed by atoms with van der Waals surface area (Å²) >= 11 is 0. The second kappa shape index (κ2) is 5.07. The maximum absolute atomic E-state index is 5.81. The molecule has 2 heteroatoms. The molecule has 0 spiro atoms. The van der Waals surface area contributed by atoms with E-state index in [1.165, 1.54) is 57.3 Å². The molecule has 0 unspecified atom stereocenters. The predicted octanol–water partition coefficient (Wildman–Crippen LogP) is 3.81. The first-order chi connectivity index (χ1) is 9.49. The van der Waals surface area contributed by atoms with Crippen molar-refractivity contribution in [2.45, 2.75) is 51.4 Å². The Hall–Kier alpha value is -1.02. The third kappa shape index (κ3) is 3.01. The average molecular weight is 272 g/mol. The Labute approximate surface area is 123 Å². The molecule has 0 bridgehead atoms. The van der Waals surface area contributed by atoms with Gasteiger partial charge in [0.1, 0.15) is 0 Å². The van der Waals surface area contributed by atoms with Crippen molar-refractivity contribution >= 4 is 5.69 Å². The Morgan fingerprint density at radius 2 is 1.70 bits per heavy atom. The Balaban J connectivity index is 1.66. The molecule has 0 amide bonds. The lowest BCUT2D eigenvalue weighted by atomic mass is 9.85. The number of hydrogen-bond acceptors (Lipinski definition) is 2. The highest BCUT2D eigenvalue weighted by Crippen LogP contribution is 2.49. The molecular formula is C18H28N2. The van der Waals surface area contributed by atoms with Crippen LogP contribution in [0.15, 0.2) is 24.3 Å². The number of benzene rings is 1. The van der Waals surface area contributed by atoms with E-state index >= 15 is 0 Å². The minimum atomic E-state index is 0.433. The summed E-state index contributed by atoms with van der Waals surface area (Å²) in [6, 6.07) is 8.59. The molecule has 2 nitrogen and oxygen atoms in total. The molecule has 1 aromatic rings. The van der Waals surface area contributed by atoms with Crippen molar-refractivity contribution in [1.29, 1.82) is 0 Å². The summed E-state index contributed by atoms with van der Waals surface area (Å²) < 4.78 is 0. The molecule has 20 heavy (non-hydrogen) atoms. The van der Waals surface area contributed by atoms with Crippen LogP contribution in [-0.2, 0) is 5.41 Å². The van der Waals surface area contributed by atoms with Gasteiger partial charge < -0.3 is 10.6 Å². The normalized spacial score (nSPS) is 25.1. The van der Waals surface area contributed by atoms with Crippen molar-refractivity contribution < 1.29 is 0 Å². The van der Waals surface area contributed by atoms with Gasteiger partial charge in [-0.25, -0.2) is 0 Å². The van der Waals surface area contributed by atoms with Gasteiger partial charge in [0.25, 0.3) is 0 Å². The van der Waals surface area contributed by atoms with Gasteiger partial charge in [-0.2, -0.15) is 0 Å². The molecule has 1 saturated carbocycles. The minimum absolute atomic E-state index is 0.433. The molecule has 0 radical (unpaired) electrons. The van der Waals surface area contributed by atoms with Gasteiger partial charge in [0.15, 0.2) is 0 Å². The SMILES string of the molecule is CC1(C)CCCN(CC2(c3ccc(N)cc3)CC2)CC1. The van der Waals surface area contributed by atoms with Crippen LogP contribution in [0, 0.1) is 5.41 Å². The molecule has 1 saturated heterocycles. The smallest absolute Gasteiger partial charge is 0.0314 e. The highest BCUT2D eigenvalue weighted by Gasteiger charge is 2.45. The van der Waals surface area contributed by atoms with Crippen molar-refractivity contribution in [1.82, 2.24) is 4.90 Å². The fourth-order valence-electron chi connectivity index (χ4n) is 3.59. The molecule has 2 fully saturated rings. The first-order valence-corrected chi connectivity index (χ1v) is 8.08. The molecule has 1 aliphatic carbocycles. The number of hydrogen-bond donors (Lipinski definition) is 1. The number of likely N-dealkylation sites (tertiary alicyclic amines) is 1. The number of rotatable bonds is 3. The molecule has 110 valence electrons. The number of nitrogens with two attached hydrogens (primary N) is 1. The monoisotopic (exact) mass is 272 g/mol. The number of nitrogens with zero attached hydrogens (tertiary/aromatic N) is 1. The fourth-order valence-corrected chi connectivity index (χ4v) is 3.59. The van der Waals surface area contributed by atoms with Crippen LogP contribution in [0.4, 0.5) is 5.69 Å². The second-order valence-electron chi connectivity index (χ2n) is 7.70. The largest absolute Gasteiger partial charge is 0.399 e. The molecule has 2 N–H and O–H groups in total. The van der Waals surface area contributed by atoms with Crippen LogP contribution in [0.3, 0.4) is 0 Å². The first-order valence-electron chi connectivity index (χ1n) is 8.08. The Kier molecular flexibility index (Phi) is 3.53. The van der Waals surface area contributed by atoms with E-state index in [1.807, 2.05) is 0 Å². The summed E-state index contributed by atoms with van der Waals surface area (Å²) in [6.07, 6.45) is 6.75. The van der Waals surface area contributed by atoms with Gasteiger partial charge in [-0.05, 0) is 68.3 Å². The van der Waals surface area contributed by atoms with Crippen LogP contribution >= 0.6 is 0 Å². The average Bonchev–Trinajstić information content (AvgIpc) is 3.18. The highest BCUT2D eigenvalue weighted by atomic mass is 15.1. The third-order valence-electron chi connectivity index (χ3n) is 5.34. The van der Waals surface area contributed by atoms with Crippen molar-refractivity contribution in [3.8, 4) is 0 Å². The van der Waals surface area contributed by atoms with E-state index < -0.39 is 0 Å². The number of anilines is 1. The van der Waals surface area contributed by atoms with E-state index in [0.717, 1.165) is 5.69 Å². The minimum Gasteiger partial charge on any atom is -0.399 e. The zero-order valence-corrected chi connectivity index (χ0v) is 13.0. The zero-order valence-electron chi connectivity index (χ0n) is 13.0. The van der Waals surface area contributed by atoms with Crippen molar-refractivity contribution in [2.75, 3.05) is 25.4 Å². The van der Waals surface area contributed by atoms with Crippen LogP contribution < -0.4 is 5.73 Å². The van der Waals surface area contributed by atoms with Crippen molar-refractivity contribution in [2.24, 2.45) is 5.41 Å². The summed E-state index contributed by atoms with van der Waals surface area (Å²) in [5, 5.41) is 0. The van der Waals surface area contributed by atoms with Crippen LogP contribution in [0.5, 0.6) is 0 Å². The highest BCUT2D eigenvalue weighted by molar-refractivity contribution is 5.43. The van der Waals surface area contributed by atoms with Crippen LogP contribution in [0.25, 0.3) is 0 Å². The Morgan fingerprint density at radius 1 is 1.00 bits per heavy atom. The molecule has 2 aliphatic rings. The van der Waals surface area contributed by atoms with E-state index in [2.05, 4.69) is 43.0 Å². The van der Waals surface area contributed by atoms with Gasteiger partial charge in [0, 0.05) is 17.6 Å². The van der Waals surface area contributed by atoms with Crippen LogP contribution in [0.2, 0.25) is 0 Å². The van der Waals surface area contributed by atoms with E-state index in [1.54, 1.807) is 0 Å². The second-order valence-corrected chi connectivity index (χ2v) is 7.70. The maximum atomic E-state index is 5.81. The number of nitrogen functional groups attached to an aromatic ring is 1. The molecular weight excluding hydrogens is 244 g/mol. The predicted molar refractivity (Wildman–Crippen MR) is 85.8 cm³/mol. The molecule has 1 aliphatic heterocycles. The van der Waals surface area contributed by atoms with Crippen molar-refractivity contribution in [3.05, 3.63) is 29.8 Å². The van der Waals surface area contributed by atoms with Gasteiger partial charge >= 0.3 is 0 Å². The lowest BCUT2D eigenvalue weighted by Gasteiger charge is -2.27. The third-order valence-corrected chi connectivity index (χ3v) is 5.34. The Bertz CT molecular complexity index is 457. The summed E-state index contributed by atoms with van der Waals surface area (Å²) in [7, 11) is 0. The molecule has 0 atom stereocenters. The topological polar surface area (TPSA) is 29.3 Å². The van der Waals surface area contributed by atoms with Crippen LogP contribution in [-0.4, -0.2) is 24.5 Å². The maximum Gasteiger partial charge on any atom is 0.0314 e. The molecule has 1 heterocycles. The molecule has 1 aromatic carbocycles. The van der Waals surface area contributed by atoms with Crippen LogP contribution in [0.1, 0.15) is 51.5 Å². The van der Waals surface area contributed by atoms with E-state index in [0.29, 0.717) is 10.8 Å². The lowest BCUT2D eigenvalue weighted by Crippen LogP contribution is -2.33.